The lowest BCUT2D eigenvalue weighted by Gasteiger charge is -2.44. The summed E-state index contributed by atoms with van der Waals surface area (Å²) >= 11 is 0. The van der Waals surface area contributed by atoms with Crippen LogP contribution in [0, 0.1) is 11.3 Å². The zero-order chi connectivity index (χ0) is 13.8. The fourth-order valence-electron chi connectivity index (χ4n) is 2.59. The Hall–Kier alpha value is -1.10. The Bertz CT molecular complexity index is 307. The summed E-state index contributed by atoms with van der Waals surface area (Å²) in [5.74, 6) is -1.74. The molecule has 2 unspecified atom stereocenters. The van der Waals surface area contributed by atoms with E-state index < -0.39 is 29.4 Å². The summed E-state index contributed by atoms with van der Waals surface area (Å²) in [5.41, 5.74) is -0.892. The molecule has 0 saturated heterocycles. The van der Waals surface area contributed by atoms with Gasteiger partial charge in [0.1, 0.15) is 0 Å². The number of rotatable bonds is 6. The molecule has 1 rings (SSSR count). The van der Waals surface area contributed by atoms with E-state index in [-0.39, 0.29) is 13.2 Å². The molecule has 104 valence electrons. The van der Waals surface area contributed by atoms with Gasteiger partial charge >= 0.3 is 11.9 Å². The van der Waals surface area contributed by atoms with Gasteiger partial charge in [-0.15, -0.1) is 0 Å². The quantitative estimate of drug-likeness (QED) is 0.726. The van der Waals surface area contributed by atoms with Gasteiger partial charge in [-0.2, -0.15) is 0 Å². The summed E-state index contributed by atoms with van der Waals surface area (Å²) in [6.45, 7) is 5.46. The fourth-order valence-corrected chi connectivity index (χ4v) is 2.59. The highest BCUT2D eigenvalue weighted by atomic mass is 16.5. The summed E-state index contributed by atoms with van der Waals surface area (Å²) in [5, 5.41) is 9.82. The van der Waals surface area contributed by atoms with Crippen LogP contribution in [-0.4, -0.2) is 36.4 Å². The van der Waals surface area contributed by atoms with E-state index in [4.69, 9.17) is 9.47 Å². The van der Waals surface area contributed by atoms with Gasteiger partial charge in [-0.25, -0.2) is 0 Å². The molecule has 0 amide bonds. The lowest BCUT2D eigenvalue weighted by molar-refractivity contribution is -0.183. The molecule has 0 aromatic heterocycles. The van der Waals surface area contributed by atoms with Gasteiger partial charge in [0.2, 0.25) is 0 Å². The predicted octanol–water partition coefficient (Wildman–Crippen LogP) is 1.28. The van der Waals surface area contributed by atoms with Crippen LogP contribution in [0.15, 0.2) is 0 Å². The summed E-state index contributed by atoms with van der Waals surface area (Å²) in [4.78, 5) is 24.0. The van der Waals surface area contributed by atoms with Crippen LogP contribution in [0.5, 0.6) is 0 Å². The van der Waals surface area contributed by atoms with Crippen LogP contribution in [0.2, 0.25) is 0 Å². The molecule has 2 atom stereocenters. The molecule has 1 N–H and O–H groups in total. The minimum Gasteiger partial charge on any atom is -0.466 e. The molecule has 0 aliphatic heterocycles. The van der Waals surface area contributed by atoms with Crippen LogP contribution < -0.4 is 0 Å². The lowest BCUT2D eigenvalue weighted by atomic mass is 9.59. The standard InChI is InChI=1S/C13H22O5/c1-4-17-11(15)10(9(3)14)13(7-6-8-13)12(16)18-5-2/h9-10,14H,4-8H2,1-3H3. The Balaban J connectivity index is 2.94. The molecule has 0 spiro atoms. The summed E-state index contributed by atoms with van der Waals surface area (Å²) in [6, 6.07) is 0. The maximum absolute atomic E-state index is 12.1. The average molecular weight is 258 g/mol. The van der Waals surface area contributed by atoms with Gasteiger partial charge in [0, 0.05) is 0 Å². The second-order valence-electron chi connectivity index (χ2n) is 4.70. The van der Waals surface area contributed by atoms with Gasteiger partial charge in [0.05, 0.1) is 30.7 Å². The molecule has 1 saturated carbocycles. The molecule has 1 aliphatic rings. The first-order valence-corrected chi connectivity index (χ1v) is 6.51. The Morgan fingerprint density at radius 2 is 1.78 bits per heavy atom. The van der Waals surface area contributed by atoms with Crippen molar-refractivity contribution in [1.29, 1.82) is 0 Å². The van der Waals surface area contributed by atoms with Crippen molar-refractivity contribution >= 4 is 11.9 Å². The topological polar surface area (TPSA) is 72.8 Å². The number of carbonyl (C=O) groups excluding carboxylic acids is 2. The predicted molar refractivity (Wildman–Crippen MR) is 64.7 cm³/mol. The first kappa shape index (κ1) is 15.0. The summed E-state index contributed by atoms with van der Waals surface area (Å²) in [6.07, 6.45) is 1.08. The van der Waals surface area contributed by atoms with Crippen molar-refractivity contribution in [2.45, 2.75) is 46.1 Å². The second-order valence-corrected chi connectivity index (χ2v) is 4.70. The number of hydrogen-bond donors (Lipinski definition) is 1. The van der Waals surface area contributed by atoms with E-state index in [1.165, 1.54) is 6.92 Å². The van der Waals surface area contributed by atoms with Crippen LogP contribution in [0.25, 0.3) is 0 Å². The zero-order valence-corrected chi connectivity index (χ0v) is 11.3. The molecule has 0 bridgehead atoms. The van der Waals surface area contributed by atoms with E-state index in [0.29, 0.717) is 12.8 Å². The molecule has 1 fully saturated rings. The van der Waals surface area contributed by atoms with Gasteiger partial charge in [-0.3, -0.25) is 9.59 Å². The van der Waals surface area contributed by atoms with Crippen LogP contribution >= 0.6 is 0 Å². The minimum absolute atomic E-state index is 0.237. The maximum atomic E-state index is 12.1. The highest BCUT2D eigenvalue weighted by molar-refractivity contribution is 5.86. The van der Waals surface area contributed by atoms with E-state index in [0.717, 1.165) is 6.42 Å². The van der Waals surface area contributed by atoms with Crippen LogP contribution in [0.1, 0.15) is 40.0 Å². The van der Waals surface area contributed by atoms with Gasteiger partial charge in [-0.05, 0) is 33.6 Å². The van der Waals surface area contributed by atoms with E-state index in [2.05, 4.69) is 0 Å². The smallest absolute Gasteiger partial charge is 0.313 e. The van der Waals surface area contributed by atoms with E-state index in [9.17, 15) is 14.7 Å². The maximum Gasteiger partial charge on any atom is 0.313 e. The number of esters is 2. The normalized spacial score (nSPS) is 20.4. The zero-order valence-electron chi connectivity index (χ0n) is 11.3. The first-order chi connectivity index (χ1) is 8.49. The van der Waals surface area contributed by atoms with Crippen LogP contribution in [-0.2, 0) is 19.1 Å². The Morgan fingerprint density at radius 3 is 2.11 bits per heavy atom. The molecule has 1 aliphatic carbocycles. The molecule has 18 heavy (non-hydrogen) atoms. The van der Waals surface area contributed by atoms with Crippen LogP contribution in [0.3, 0.4) is 0 Å². The van der Waals surface area contributed by atoms with Crippen molar-refractivity contribution in [2.75, 3.05) is 13.2 Å². The monoisotopic (exact) mass is 258 g/mol. The molecule has 5 heteroatoms. The van der Waals surface area contributed by atoms with Crippen molar-refractivity contribution in [1.82, 2.24) is 0 Å². The average Bonchev–Trinajstić information content (AvgIpc) is 2.22. The third-order valence-corrected chi connectivity index (χ3v) is 3.55. The van der Waals surface area contributed by atoms with E-state index in [1.54, 1.807) is 13.8 Å². The van der Waals surface area contributed by atoms with Crippen molar-refractivity contribution in [3.05, 3.63) is 0 Å². The Morgan fingerprint density at radius 1 is 1.22 bits per heavy atom. The number of carbonyl (C=O) groups is 2. The lowest BCUT2D eigenvalue weighted by Crippen LogP contribution is -2.53. The highest BCUT2D eigenvalue weighted by Gasteiger charge is 2.56. The van der Waals surface area contributed by atoms with E-state index >= 15 is 0 Å². The summed E-state index contributed by atoms with van der Waals surface area (Å²) in [7, 11) is 0. The molecular weight excluding hydrogens is 236 g/mol. The van der Waals surface area contributed by atoms with E-state index in [1.807, 2.05) is 0 Å². The van der Waals surface area contributed by atoms with Crippen molar-refractivity contribution in [3.63, 3.8) is 0 Å². The third kappa shape index (κ3) is 2.66. The third-order valence-electron chi connectivity index (χ3n) is 3.55. The molecule has 0 radical (unpaired) electrons. The van der Waals surface area contributed by atoms with Crippen molar-refractivity contribution in [3.8, 4) is 0 Å². The van der Waals surface area contributed by atoms with Crippen molar-refractivity contribution < 1.29 is 24.2 Å². The summed E-state index contributed by atoms with van der Waals surface area (Å²) < 4.78 is 10.0. The molecule has 0 aromatic carbocycles. The number of aliphatic hydroxyl groups excluding tert-OH is 1. The Kier molecular flexibility index (Phi) is 5.14. The molecule has 5 nitrogen and oxygen atoms in total. The van der Waals surface area contributed by atoms with Gasteiger partial charge in [0.15, 0.2) is 0 Å². The van der Waals surface area contributed by atoms with Gasteiger partial charge < -0.3 is 14.6 Å². The van der Waals surface area contributed by atoms with Gasteiger partial charge in [0.25, 0.3) is 0 Å². The number of hydrogen-bond acceptors (Lipinski definition) is 5. The molecular formula is C13H22O5. The number of ether oxygens (including phenoxy) is 2. The largest absolute Gasteiger partial charge is 0.466 e. The van der Waals surface area contributed by atoms with Crippen LogP contribution in [0.4, 0.5) is 0 Å². The van der Waals surface area contributed by atoms with Gasteiger partial charge in [-0.1, -0.05) is 6.42 Å². The first-order valence-electron chi connectivity index (χ1n) is 6.51. The molecule has 0 heterocycles. The Labute approximate surface area is 107 Å². The van der Waals surface area contributed by atoms with Crippen molar-refractivity contribution in [2.24, 2.45) is 11.3 Å². The fraction of sp³-hybridized carbons (Fsp3) is 0.846. The number of aliphatic hydroxyl groups is 1. The highest BCUT2D eigenvalue weighted by Crippen LogP contribution is 2.50. The SMILES string of the molecule is CCOC(=O)C(C(C)O)C1(C(=O)OCC)CCC1. The molecule has 0 aromatic rings. The second kappa shape index (κ2) is 6.18. The minimum atomic E-state index is -0.922.